The maximum Gasteiger partial charge on any atom is 0.490 e. The molecule has 3 heterocycles. The van der Waals surface area contributed by atoms with Crippen LogP contribution < -0.4 is 4.90 Å². The number of hydrogen-bond donors (Lipinski definition) is 2. The summed E-state index contributed by atoms with van der Waals surface area (Å²) in [5.74, 6) is -1.30. The van der Waals surface area contributed by atoms with Crippen LogP contribution in [0.25, 0.3) is 0 Å². The highest BCUT2D eigenvalue weighted by Crippen LogP contribution is 2.43. The first-order chi connectivity index (χ1) is 13.1. The zero-order valence-corrected chi connectivity index (χ0v) is 15.1. The van der Waals surface area contributed by atoms with Crippen LogP contribution in [0.4, 0.5) is 23.5 Å². The third-order valence-corrected chi connectivity index (χ3v) is 5.35. The van der Waals surface area contributed by atoms with Gasteiger partial charge < -0.3 is 15.1 Å². The quantitative estimate of drug-likeness (QED) is 0.733. The Kier molecular flexibility index (Phi) is 5.76. The minimum Gasteiger partial charge on any atom is -0.475 e. The van der Waals surface area contributed by atoms with Crippen molar-refractivity contribution in [3.8, 4) is 0 Å². The largest absolute Gasteiger partial charge is 0.490 e. The van der Waals surface area contributed by atoms with Gasteiger partial charge in [0.2, 0.25) is 5.95 Å². The van der Waals surface area contributed by atoms with Crippen LogP contribution in [0.1, 0.15) is 19.3 Å². The summed E-state index contributed by atoms with van der Waals surface area (Å²) in [5, 5.41) is 16.6. The number of aliphatic hydroxyl groups is 1. The van der Waals surface area contributed by atoms with Crippen LogP contribution in [0, 0.1) is 17.7 Å². The highest BCUT2D eigenvalue weighted by molar-refractivity contribution is 5.73. The summed E-state index contributed by atoms with van der Waals surface area (Å²) < 4.78 is 44.6. The lowest BCUT2D eigenvalue weighted by Gasteiger charge is -2.53. The first-order valence-corrected chi connectivity index (χ1v) is 9.01. The number of aromatic nitrogens is 2. The van der Waals surface area contributed by atoms with Crippen molar-refractivity contribution in [2.24, 2.45) is 11.8 Å². The van der Waals surface area contributed by atoms with E-state index in [1.54, 1.807) is 0 Å². The second-order valence-corrected chi connectivity index (χ2v) is 7.69. The van der Waals surface area contributed by atoms with Crippen molar-refractivity contribution in [2.75, 3.05) is 37.7 Å². The molecule has 0 bridgehead atoms. The number of anilines is 1. The maximum atomic E-state index is 12.9. The lowest BCUT2D eigenvalue weighted by molar-refractivity contribution is -0.192. The molecule has 1 spiro atoms. The van der Waals surface area contributed by atoms with Gasteiger partial charge in [-0.25, -0.2) is 19.2 Å². The molecule has 0 aromatic carbocycles. The van der Waals surface area contributed by atoms with Gasteiger partial charge in [-0.15, -0.1) is 0 Å². The maximum absolute atomic E-state index is 12.9. The number of hydrogen-bond acceptors (Lipinski definition) is 6. The van der Waals surface area contributed by atoms with Crippen LogP contribution >= 0.6 is 0 Å². The number of carbonyl (C=O) groups is 1. The fraction of sp³-hybridized carbons (Fsp3) is 0.706. The summed E-state index contributed by atoms with van der Waals surface area (Å²) in [7, 11) is 0. The van der Waals surface area contributed by atoms with Gasteiger partial charge in [0.25, 0.3) is 0 Å². The Morgan fingerprint density at radius 3 is 2.25 bits per heavy atom. The number of nitrogens with zero attached hydrogens (tertiary/aromatic N) is 4. The first-order valence-electron chi connectivity index (χ1n) is 9.01. The lowest BCUT2D eigenvalue weighted by atomic mass is 9.84. The van der Waals surface area contributed by atoms with E-state index >= 15 is 0 Å². The van der Waals surface area contributed by atoms with Crippen molar-refractivity contribution < 1.29 is 32.6 Å². The Hall–Kier alpha value is -2.01. The molecule has 1 saturated carbocycles. The normalized spacial score (nSPS) is 23.9. The van der Waals surface area contributed by atoms with Crippen molar-refractivity contribution in [3.05, 3.63) is 18.2 Å². The van der Waals surface area contributed by atoms with Crippen LogP contribution in [0.15, 0.2) is 12.4 Å². The number of halogens is 4. The molecule has 7 nitrogen and oxygen atoms in total. The monoisotopic (exact) mass is 406 g/mol. The predicted molar refractivity (Wildman–Crippen MR) is 90.1 cm³/mol. The molecule has 2 aliphatic heterocycles. The fourth-order valence-electron chi connectivity index (χ4n) is 3.84. The van der Waals surface area contributed by atoms with Gasteiger partial charge in [-0.3, -0.25) is 4.90 Å². The van der Waals surface area contributed by atoms with Gasteiger partial charge in [-0.1, -0.05) is 0 Å². The molecule has 4 rings (SSSR count). The Bertz CT molecular complexity index is 691. The number of aliphatic carboxylic acids is 1. The number of carboxylic acid groups (broad SMARTS) is 1. The lowest BCUT2D eigenvalue weighted by Crippen LogP contribution is -2.68. The first kappa shape index (κ1) is 20.7. The van der Waals surface area contributed by atoms with Crippen LogP contribution in [0.5, 0.6) is 0 Å². The van der Waals surface area contributed by atoms with Crippen LogP contribution in [0.2, 0.25) is 0 Å². The number of aliphatic hydroxyl groups excluding tert-OH is 1. The van der Waals surface area contributed by atoms with E-state index in [4.69, 9.17) is 9.90 Å². The Morgan fingerprint density at radius 2 is 1.79 bits per heavy atom. The summed E-state index contributed by atoms with van der Waals surface area (Å²) in [6, 6.07) is 0. The van der Waals surface area contributed by atoms with E-state index in [0.29, 0.717) is 11.9 Å². The van der Waals surface area contributed by atoms with Gasteiger partial charge in [0.15, 0.2) is 5.82 Å². The molecule has 1 atom stereocenters. The third-order valence-electron chi connectivity index (χ3n) is 5.35. The van der Waals surface area contributed by atoms with Gasteiger partial charge in [-0.2, -0.15) is 13.2 Å². The molecule has 3 aliphatic rings. The SMILES string of the molecule is O=C(O)C(F)(F)F.OCC1CN(CC2CC2)C2(C1)CN(c1ncc(F)cn1)C2. The Labute approximate surface area is 159 Å². The smallest absolute Gasteiger partial charge is 0.475 e. The van der Waals surface area contributed by atoms with E-state index in [-0.39, 0.29) is 12.1 Å². The van der Waals surface area contributed by atoms with E-state index in [1.165, 1.54) is 25.2 Å². The number of rotatable bonds is 4. The van der Waals surface area contributed by atoms with E-state index < -0.39 is 18.0 Å². The molecular formula is C17H22F4N4O3. The Morgan fingerprint density at radius 1 is 1.21 bits per heavy atom. The highest BCUT2D eigenvalue weighted by Gasteiger charge is 2.54. The molecule has 3 fully saturated rings. The van der Waals surface area contributed by atoms with Gasteiger partial charge >= 0.3 is 12.1 Å². The van der Waals surface area contributed by atoms with Crippen molar-refractivity contribution in [1.29, 1.82) is 0 Å². The van der Waals surface area contributed by atoms with Gasteiger partial charge in [-0.05, 0) is 31.1 Å². The van der Waals surface area contributed by atoms with Gasteiger partial charge in [0, 0.05) is 32.8 Å². The summed E-state index contributed by atoms with van der Waals surface area (Å²) in [6.07, 6.45) is 1.11. The van der Waals surface area contributed by atoms with Crippen molar-refractivity contribution >= 4 is 11.9 Å². The van der Waals surface area contributed by atoms with E-state index in [2.05, 4.69) is 19.8 Å². The van der Waals surface area contributed by atoms with E-state index in [9.17, 15) is 22.7 Å². The molecule has 1 aliphatic carbocycles. The summed E-state index contributed by atoms with van der Waals surface area (Å²) in [4.78, 5) is 21.7. The molecule has 1 unspecified atom stereocenters. The number of carboxylic acids is 1. The predicted octanol–water partition coefficient (Wildman–Crippen LogP) is 1.53. The highest BCUT2D eigenvalue weighted by atomic mass is 19.4. The molecule has 0 amide bonds. The van der Waals surface area contributed by atoms with E-state index in [0.717, 1.165) is 38.5 Å². The van der Waals surface area contributed by atoms with E-state index in [1.807, 2.05) is 0 Å². The van der Waals surface area contributed by atoms with Gasteiger partial charge in [0.1, 0.15) is 0 Å². The molecule has 156 valence electrons. The second kappa shape index (κ2) is 7.78. The minimum absolute atomic E-state index is 0.174. The topological polar surface area (TPSA) is 89.8 Å². The minimum atomic E-state index is -5.08. The standard InChI is InChI=1S/C15H21FN4O.C2HF3O2/c16-13-4-17-14(18-5-13)19-9-15(10-19)3-12(8-21)7-20(15)6-11-1-2-11;3-2(4,5)1(6)7/h4-5,11-12,21H,1-3,6-10H2;(H,6,7). The summed E-state index contributed by atoms with van der Waals surface area (Å²) in [5.41, 5.74) is 0.174. The fourth-order valence-corrected chi connectivity index (χ4v) is 3.84. The summed E-state index contributed by atoms with van der Waals surface area (Å²) >= 11 is 0. The number of alkyl halides is 3. The summed E-state index contributed by atoms with van der Waals surface area (Å²) in [6.45, 7) is 4.22. The zero-order valence-electron chi connectivity index (χ0n) is 15.1. The number of likely N-dealkylation sites (tertiary alicyclic amines) is 1. The average Bonchev–Trinajstić information content (AvgIpc) is 3.33. The van der Waals surface area contributed by atoms with Crippen LogP contribution in [-0.2, 0) is 4.79 Å². The van der Waals surface area contributed by atoms with Crippen molar-refractivity contribution in [3.63, 3.8) is 0 Å². The van der Waals surface area contributed by atoms with Gasteiger partial charge in [0.05, 0.1) is 17.9 Å². The van der Waals surface area contributed by atoms with Crippen molar-refractivity contribution in [1.82, 2.24) is 14.9 Å². The van der Waals surface area contributed by atoms with Crippen molar-refractivity contribution in [2.45, 2.75) is 31.0 Å². The van der Waals surface area contributed by atoms with Crippen LogP contribution in [0.3, 0.4) is 0 Å². The average molecular weight is 406 g/mol. The molecule has 0 radical (unpaired) electrons. The molecular weight excluding hydrogens is 384 g/mol. The third kappa shape index (κ3) is 4.69. The Balaban J connectivity index is 0.000000279. The molecule has 11 heteroatoms. The van der Waals surface area contributed by atoms with Crippen LogP contribution in [-0.4, -0.2) is 75.6 Å². The second-order valence-electron chi connectivity index (χ2n) is 7.69. The molecule has 2 saturated heterocycles. The molecule has 1 aromatic heterocycles. The molecule has 28 heavy (non-hydrogen) atoms. The zero-order chi connectivity index (χ0) is 20.5. The molecule has 2 N–H and O–H groups in total. The molecule has 1 aromatic rings.